The summed E-state index contributed by atoms with van der Waals surface area (Å²) in [6, 6.07) is 20.4. The number of anilines is 2. The maximum Gasteiger partial charge on any atom is 0.255 e. The molecule has 4 aromatic rings. The van der Waals surface area contributed by atoms with E-state index in [-0.39, 0.29) is 11.8 Å². The Morgan fingerprint density at radius 2 is 1.74 bits per heavy atom. The number of benzene rings is 3. The Morgan fingerprint density at radius 1 is 0.935 bits per heavy atom. The number of halogens is 1. The number of hydrogen-bond donors (Lipinski definition) is 2. The molecule has 6 heteroatoms. The third kappa shape index (κ3) is 4.42. The summed E-state index contributed by atoms with van der Waals surface area (Å²) in [6.45, 7) is 3.30. The second-order valence-electron chi connectivity index (χ2n) is 7.24. The van der Waals surface area contributed by atoms with Gasteiger partial charge < -0.3 is 10.6 Å². The zero-order valence-electron chi connectivity index (χ0n) is 17.1. The smallest absolute Gasteiger partial charge is 0.255 e. The number of carbonyl (C=O) groups is 2. The van der Waals surface area contributed by atoms with Gasteiger partial charge in [-0.25, -0.2) is 0 Å². The van der Waals surface area contributed by atoms with Crippen LogP contribution >= 0.6 is 11.6 Å². The van der Waals surface area contributed by atoms with Crippen LogP contribution in [0.3, 0.4) is 0 Å². The van der Waals surface area contributed by atoms with Gasteiger partial charge in [0.15, 0.2) is 0 Å². The summed E-state index contributed by atoms with van der Waals surface area (Å²) in [4.78, 5) is 28.8. The van der Waals surface area contributed by atoms with E-state index in [1.54, 1.807) is 36.5 Å². The normalized spacial score (nSPS) is 10.7. The van der Waals surface area contributed by atoms with Gasteiger partial charge in [0.1, 0.15) is 0 Å². The summed E-state index contributed by atoms with van der Waals surface area (Å²) in [6.07, 6.45) is 1.75. The van der Waals surface area contributed by atoms with E-state index < -0.39 is 0 Å². The number of amides is 2. The lowest BCUT2D eigenvalue weighted by Gasteiger charge is -2.12. The Bertz CT molecular complexity index is 1310. The Balaban J connectivity index is 1.66. The molecule has 2 amide bonds. The molecular weight excluding hydrogens is 410 g/mol. The van der Waals surface area contributed by atoms with Gasteiger partial charge in [0.05, 0.1) is 10.7 Å². The molecule has 0 aliphatic rings. The van der Waals surface area contributed by atoms with Crippen LogP contribution in [0, 0.1) is 6.92 Å². The number of pyridine rings is 1. The lowest BCUT2D eigenvalue weighted by molar-refractivity contribution is -0.114. The van der Waals surface area contributed by atoms with Crippen molar-refractivity contribution in [2.75, 3.05) is 10.6 Å². The zero-order valence-corrected chi connectivity index (χ0v) is 17.8. The van der Waals surface area contributed by atoms with Crippen molar-refractivity contribution in [2.45, 2.75) is 13.8 Å². The van der Waals surface area contributed by atoms with Gasteiger partial charge in [-0.2, -0.15) is 0 Å². The first-order chi connectivity index (χ1) is 14.9. The number of aromatic nitrogens is 1. The fourth-order valence-corrected chi connectivity index (χ4v) is 3.62. The molecule has 31 heavy (non-hydrogen) atoms. The molecule has 1 aromatic heterocycles. The summed E-state index contributed by atoms with van der Waals surface area (Å²) in [5, 5.41) is 8.23. The predicted molar refractivity (Wildman–Crippen MR) is 126 cm³/mol. The van der Waals surface area contributed by atoms with Crippen molar-refractivity contribution >= 4 is 45.6 Å². The molecule has 2 N–H and O–H groups in total. The summed E-state index contributed by atoms with van der Waals surface area (Å²) >= 11 is 6.48. The molecule has 154 valence electrons. The molecule has 1 heterocycles. The molecule has 0 radical (unpaired) electrons. The molecule has 0 aliphatic carbocycles. The number of nitrogens with one attached hydrogen (secondary N) is 2. The van der Waals surface area contributed by atoms with E-state index in [4.69, 9.17) is 11.6 Å². The summed E-state index contributed by atoms with van der Waals surface area (Å²) < 4.78 is 0. The number of rotatable bonds is 4. The monoisotopic (exact) mass is 429 g/mol. The highest BCUT2D eigenvalue weighted by Gasteiger charge is 2.13. The third-order valence-corrected chi connectivity index (χ3v) is 5.29. The maximum atomic E-state index is 12.8. The van der Waals surface area contributed by atoms with Gasteiger partial charge in [-0.05, 0) is 54.3 Å². The van der Waals surface area contributed by atoms with Crippen molar-refractivity contribution < 1.29 is 9.59 Å². The van der Waals surface area contributed by atoms with Crippen molar-refractivity contribution in [3.05, 3.63) is 89.1 Å². The van der Waals surface area contributed by atoms with Crippen LogP contribution in [-0.2, 0) is 4.79 Å². The molecule has 0 spiro atoms. The van der Waals surface area contributed by atoms with Crippen molar-refractivity contribution in [3.63, 3.8) is 0 Å². The van der Waals surface area contributed by atoms with Crippen LogP contribution in [0.25, 0.3) is 22.0 Å². The average molecular weight is 430 g/mol. The molecule has 0 bridgehead atoms. The zero-order chi connectivity index (χ0) is 22.0. The standard InChI is InChI=1S/C25H20ClN3O2/c1-15-7-8-18(13-23(15)28-16(2)30)25(31)29-19-9-10-22(26)21(14-19)24-20-6-4-3-5-17(20)11-12-27-24/h3-14H,1-2H3,(H,28,30)(H,29,31). The highest BCUT2D eigenvalue weighted by atomic mass is 35.5. The summed E-state index contributed by atoms with van der Waals surface area (Å²) in [5.74, 6) is -0.476. The van der Waals surface area contributed by atoms with Crippen LogP contribution in [0.15, 0.2) is 72.9 Å². The number of fused-ring (bicyclic) bond motifs is 1. The fraction of sp³-hybridized carbons (Fsp3) is 0.0800. The molecule has 0 fully saturated rings. The lowest BCUT2D eigenvalue weighted by Crippen LogP contribution is -2.14. The van der Waals surface area contributed by atoms with Crippen LogP contribution in [0.2, 0.25) is 5.02 Å². The minimum atomic E-state index is -0.286. The van der Waals surface area contributed by atoms with Gasteiger partial charge in [-0.3, -0.25) is 14.6 Å². The van der Waals surface area contributed by atoms with Crippen molar-refractivity contribution in [1.82, 2.24) is 4.98 Å². The second-order valence-corrected chi connectivity index (χ2v) is 7.65. The Kier molecular flexibility index (Phi) is 5.69. The Hall–Kier alpha value is -3.70. The van der Waals surface area contributed by atoms with Crippen LogP contribution in [0.5, 0.6) is 0 Å². The fourth-order valence-electron chi connectivity index (χ4n) is 3.41. The molecule has 3 aromatic carbocycles. The average Bonchev–Trinajstić information content (AvgIpc) is 2.76. The van der Waals surface area contributed by atoms with Crippen molar-refractivity contribution in [3.8, 4) is 11.3 Å². The van der Waals surface area contributed by atoms with Gasteiger partial charge >= 0.3 is 0 Å². The molecule has 0 atom stereocenters. The molecular formula is C25H20ClN3O2. The first kappa shape index (κ1) is 20.6. The lowest BCUT2D eigenvalue weighted by atomic mass is 10.0. The van der Waals surface area contributed by atoms with Crippen LogP contribution in [0.4, 0.5) is 11.4 Å². The van der Waals surface area contributed by atoms with Gasteiger partial charge in [0.25, 0.3) is 5.91 Å². The Morgan fingerprint density at radius 3 is 2.55 bits per heavy atom. The molecule has 0 saturated heterocycles. The highest BCUT2D eigenvalue weighted by molar-refractivity contribution is 6.33. The molecule has 5 nitrogen and oxygen atoms in total. The van der Waals surface area contributed by atoms with Crippen LogP contribution in [0.1, 0.15) is 22.8 Å². The minimum absolute atomic E-state index is 0.189. The first-order valence-corrected chi connectivity index (χ1v) is 10.1. The van der Waals surface area contributed by atoms with E-state index in [2.05, 4.69) is 15.6 Å². The van der Waals surface area contributed by atoms with E-state index in [1.807, 2.05) is 43.3 Å². The van der Waals surface area contributed by atoms with Crippen molar-refractivity contribution in [1.29, 1.82) is 0 Å². The largest absolute Gasteiger partial charge is 0.326 e. The summed E-state index contributed by atoms with van der Waals surface area (Å²) in [5.41, 5.74) is 4.01. The van der Waals surface area contributed by atoms with Gasteiger partial charge in [-0.15, -0.1) is 0 Å². The molecule has 0 saturated carbocycles. The molecule has 0 aliphatic heterocycles. The first-order valence-electron chi connectivity index (χ1n) is 9.75. The van der Waals surface area contributed by atoms with E-state index in [0.29, 0.717) is 22.0 Å². The van der Waals surface area contributed by atoms with E-state index in [0.717, 1.165) is 27.6 Å². The Labute approximate surface area is 185 Å². The quantitative estimate of drug-likeness (QED) is 0.413. The van der Waals surface area contributed by atoms with Crippen LogP contribution < -0.4 is 10.6 Å². The van der Waals surface area contributed by atoms with Gasteiger partial charge in [-0.1, -0.05) is 41.9 Å². The molecule has 4 rings (SSSR count). The number of nitrogens with zero attached hydrogens (tertiary/aromatic N) is 1. The number of hydrogen-bond acceptors (Lipinski definition) is 3. The minimum Gasteiger partial charge on any atom is -0.326 e. The second kappa shape index (κ2) is 8.58. The van der Waals surface area contributed by atoms with Gasteiger partial charge in [0.2, 0.25) is 5.91 Å². The highest BCUT2D eigenvalue weighted by Crippen LogP contribution is 2.34. The van der Waals surface area contributed by atoms with E-state index in [1.165, 1.54) is 6.92 Å². The maximum absolute atomic E-state index is 12.8. The topological polar surface area (TPSA) is 71.1 Å². The number of carbonyl (C=O) groups excluding carboxylic acids is 2. The molecule has 0 unspecified atom stereocenters. The predicted octanol–water partition coefficient (Wildman–Crippen LogP) is 6.07. The van der Waals surface area contributed by atoms with Crippen LogP contribution in [-0.4, -0.2) is 16.8 Å². The van der Waals surface area contributed by atoms with Crippen molar-refractivity contribution in [2.24, 2.45) is 0 Å². The van der Waals surface area contributed by atoms with E-state index in [9.17, 15) is 9.59 Å². The van der Waals surface area contributed by atoms with E-state index >= 15 is 0 Å². The van der Waals surface area contributed by atoms with Gasteiger partial charge in [0, 0.05) is 41.0 Å². The number of aryl methyl sites for hydroxylation is 1. The third-order valence-electron chi connectivity index (χ3n) is 4.96. The summed E-state index contributed by atoms with van der Waals surface area (Å²) in [7, 11) is 0. The SMILES string of the molecule is CC(=O)Nc1cc(C(=O)Nc2ccc(Cl)c(-c3nccc4ccccc34)c2)ccc1C.